The first-order chi connectivity index (χ1) is 17.1. The van der Waals surface area contributed by atoms with E-state index in [0.717, 1.165) is 35.5 Å². The maximum absolute atomic E-state index is 11.7. The number of hydrogen-bond donors (Lipinski definition) is 3. The lowest BCUT2D eigenvalue weighted by Gasteiger charge is -2.27. The van der Waals surface area contributed by atoms with E-state index < -0.39 is 5.69 Å². The molecule has 1 fully saturated rings. The molecule has 0 atom stereocenters. The smallest absolute Gasteiger partial charge is 0.326 e. The van der Waals surface area contributed by atoms with Gasteiger partial charge in [0.2, 0.25) is 5.88 Å². The summed E-state index contributed by atoms with van der Waals surface area (Å²) in [5.41, 5.74) is 3.41. The van der Waals surface area contributed by atoms with Crippen LogP contribution in [0.2, 0.25) is 0 Å². The van der Waals surface area contributed by atoms with Crippen molar-refractivity contribution in [3.05, 3.63) is 83.0 Å². The molecule has 2 aromatic carbocycles. The first-order valence-electron chi connectivity index (χ1n) is 11.7. The van der Waals surface area contributed by atoms with Crippen LogP contribution in [0.4, 0.5) is 11.4 Å². The van der Waals surface area contributed by atoms with Gasteiger partial charge in [0, 0.05) is 41.9 Å². The molecule has 2 heterocycles. The van der Waals surface area contributed by atoms with Gasteiger partial charge in [0.25, 0.3) is 0 Å². The van der Waals surface area contributed by atoms with Crippen molar-refractivity contribution >= 4 is 11.4 Å². The molecule has 4 aromatic rings. The highest BCUT2D eigenvalue weighted by Gasteiger charge is 2.21. The van der Waals surface area contributed by atoms with Gasteiger partial charge in [0.1, 0.15) is 5.69 Å². The molecule has 3 N–H and O–H groups in total. The summed E-state index contributed by atoms with van der Waals surface area (Å²) in [6.45, 7) is 0.558. The van der Waals surface area contributed by atoms with Gasteiger partial charge in [-0.15, -0.1) is 0 Å². The fourth-order valence-corrected chi connectivity index (χ4v) is 4.53. The summed E-state index contributed by atoms with van der Waals surface area (Å²) in [7, 11) is 1.65. The van der Waals surface area contributed by atoms with Crippen LogP contribution in [0.15, 0.2) is 71.8 Å². The number of aromatic hydroxyl groups is 1. The highest BCUT2D eigenvalue weighted by Crippen LogP contribution is 2.38. The van der Waals surface area contributed by atoms with E-state index in [1.165, 1.54) is 12.8 Å². The topological polar surface area (TPSA) is 103 Å². The number of ether oxygens (including phenoxy) is 2. The minimum absolute atomic E-state index is 0.192. The van der Waals surface area contributed by atoms with Gasteiger partial charge in [0.15, 0.2) is 11.5 Å². The first-order valence-corrected chi connectivity index (χ1v) is 11.7. The number of methoxy groups -OCH3 is 1. The molecule has 35 heavy (non-hydrogen) atoms. The van der Waals surface area contributed by atoms with Crippen molar-refractivity contribution in [2.75, 3.05) is 12.0 Å². The molecule has 1 aliphatic rings. The predicted molar refractivity (Wildman–Crippen MR) is 134 cm³/mol. The molecule has 2 aromatic heterocycles. The van der Waals surface area contributed by atoms with E-state index in [4.69, 9.17) is 9.47 Å². The van der Waals surface area contributed by atoms with Crippen molar-refractivity contribution < 1.29 is 14.6 Å². The summed E-state index contributed by atoms with van der Waals surface area (Å²) < 4.78 is 11.9. The lowest BCUT2D eigenvalue weighted by atomic mass is 10.1. The molecule has 0 spiro atoms. The Morgan fingerprint density at radius 3 is 2.57 bits per heavy atom. The average Bonchev–Trinajstić information content (AvgIpc) is 3.52. The highest BCUT2D eigenvalue weighted by molar-refractivity contribution is 5.73. The van der Waals surface area contributed by atoms with E-state index >= 15 is 0 Å². The molecule has 0 saturated heterocycles. The van der Waals surface area contributed by atoms with E-state index in [1.54, 1.807) is 13.3 Å². The number of imidazole rings is 1. The number of aromatic amines is 2. The molecular formula is C27H28N4O4. The first kappa shape index (κ1) is 22.6. The van der Waals surface area contributed by atoms with Crippen molar-refractivity contribution in [1.82, 2.24) is 15.0 Å². The molecule has 8 heteroatoms. The Morgan fingerprint density at radius 2 is 1.86 bits per heavy atom. The Balaban J connectivity index is 1.56. The van der Waals surface area contributed by atoms with Crippen LogP contribution in [0.3, 0.4) is 0 Å². The fraction of sp³-hybridized carbons (Fsp3) is 0.259. The predicted octanol–water partition coefficient (Wildman–Crippen LogP) is 5.14. The Kier molecular flexibility index (Phi) is 6.43. The summed E-state index contributed by atoms with van der Waals surface area (Å²) in [6, 6.07) is 17.5. The van der Waals surface area contributed by atoms with Gasteiger partial charge >= 0.3 is 5.69 Å². The monoisotopic (exact) mass is 472 g/mol. The standard InChI is InChI=1S/C27H28N4O4/c1-34-23-12-11-21(15-24(23)35-22-9-2-3-10-22)31(17-18-6-5-13-28-16-18)20-8-4-7-19(14-20)25-26(32)30-27(33)29-25/h4-8,11-16,22,32H,2-3,9-10,17H2,1H3,(H2,29,30,33). The molecule has 1 saturated carbocycles. The SMILES string of the molecule is COc1ccc(N(Cc2cccnc2)c2cccc(-c3[nH]c(=O)[nH]c3O)c2)cc1OC1CCCC1. The van der Waals surface area contributed by atoms with Crippen LogP contribution in [0.25, 0.3) is 11.3 Å². The molecule has 180 valence electrons. The van der Waals surface area contributed by atoms with Crippen molar-refractivity contribution in [3.63, 3.8) is 0 Å². The number of rotatable bonds is 8. The number of aromatic nitrogens is 3. The fourth-order valence-electron chi connectivity index (χ4n) is 4.53. The third-order valence-electron chi connectivity index (χ3n) is 6.27. The molecular weight excluding hydrogens is 444 g/mol. The van der Waals surface area contributed by atoms with E-state index in [9.17, 15) is 9.90 Å². The van der Waals surface area contributed by atoms with Crippen LogP contribution in [-0.2, 0) is 6.54 Å². The second kappa shape index (κ2) is 9.97. The molecule has 5 rings (SSSR count). The quantitative estimate of drug-likeness (QED) is 0.328. The minimum atomic E-state index is -0.459. The second-order valence-corrected chi connectivity index (χ2v) is 8.66. The maximum Gasteiger partial charge on any atom is 0.326 e. The number of nitrogens with one attached hydrogen (secondary N) is 2. The van der Waals surface area contributed by atoms with E-state index in [2.05, 4.69) is 19.9 Å². The third-order valence-corrected chi connectivity index (χ3v) is 6.27. The van der Waals surface area contributed by atoms with E-state index in [0.29, 0.717) is 23.6 Å². The lowest BCUT2D eigenvalue weighted by molar-refractivity contribution is 0.201. The van der Waals surface area contributed by atoms with Crippen LogP contribution in [0, 0.1) is 0 Å². The zero-order valence-electron chi connectivity index (χ0n) is 19.5. The molecule has 0 aliphatic heterocycles. The third kappa shape index (κ3) is 5.01. The largest absolute Gasteiger partial charge is 0.493 e. The molecule has 8 nitrogen and oxygen atoms in total. The maximum atomic E-state index is 11.7. The van der Waals surface area contributed by atoms with Crippen molar-refractivity contribution in [2.45, 2.75) is 38.3 Å². The van der Waals surface area contributed by atoms with Crippen LogP contribution in [0.5, 0.6) is 17.4 Å². The van der Waals surface area contributed by atoms with Gasteiger partial charge in [-0.2, -0.15) is 0 Å². The van der Waals surface area contributed by atoms with Crippen molar-refractivity contribution in [2.24, 2.45) is 0 Å². The number of nitrogens with zero attached hydrogens (tertiary/aromatic N) is 2. The van der Waals surface area contributed by atoms with Gasteiger partial charge < -0.3 is 24.5 Å². The van der Waals surface area contributed by atoms with Crippen LogP contribution >= 0.6 is 0 Å². The number of H-pyrrole nitrogens is 2. The highest BCUT2D eigenvalue weighted by atomic mass is 16.5. The lowest BCUT2D eigenvalue weighted by Crippen LogP contribution is -2.17. The summed E-state index contributed by atoms with van der Waals surface area (Å²) >= 11 is 0. The van der Waals surface area contributed by atoms with Crippen molar-refractivity contribution in [1.29, 1.82) is 0 Å². The second-order valence-electron chi connectivity index (χ2n) is 8.66. The number of hydrogen-bond acceptors (Lipinski definition) is 6. The summed E-state index contributed by atoms with van der Waals surface area (Å²) in [4.78, 5) is 23.1. The van der Waals surface area contributed by atoms with Gasteiger partial charge in [-0.3, -0.25) is 9.97 Å². The average molecular weight is 473 g/mol. The van der Waals surface area contributed by atoms with E-state index in [1.807, 2.05) is 60.8 Å². The van der Waals surface area contributed by atoms with Crippen molar-refractivity contribution in [3.8, 4) is 28.6 Å². The normalized spacial score (nSPS) is 13.6. The van der Waals surface area contributed by atoms with Gasteiger partial charge in [0.05, 0.1) is 13.2 Å². The van der Waals surface area contributed by atoms with Crippen LogP contribution in [0.1, 0.15) is 31.2 Å². The Hall–Kier alpha value is -4.20. The van der Waals surface area contributed by atoms with Gasteiger partial charge in [-0.1, -0.05) is 18.2 Å². The Morgan fingerprint density at radius 1 is 1.03 bits per heavy atom. The summed E-state index contributed by atoms with van der Waals surface area (Å²) in [5.74, 6) is 1.23. The zero-order chi connectivity index (χ0) is 24.2. The minimum Gasteiger partial charge on any atom is -0.493 e. The number of benzene rings is 2. The Labute approximate surface area is 203 Å². The summed E-state index contributed by atoms with van der Waals surface area (Å²) in [6.07, 6.45) is 8.25. The molecule has 0 unspecified atom stereocenters. The van der Waals surface area contributed by atoms with E-state index in [-0.39, 0.29) is 12.0 Å². The van der Waals surface area contributed by atoms with Gasteiger partial charge in [-0.05, 0) is 61.6 Å². The van der Waals surface area contributed by atoms with Gasteiger partial charge in [-0.25, -0.2) is 4.79 Å². The number of anilines is 2. The summed E-state index contributed by atoms with van der Waals surface area (Å²) in [5, 5.41) is 10.2. The van der Waals surface area contributed by atoms with Crippen LogP contribution < -0.4 is 20.1 Å². The zero-order valence-corrected chi connectivity index (χ0v) is 19.5. The molecule has 0 bridgehead atoms. The molecule has 0 amide bonds. The molecule has 0 radical (unpaired) electrons. The number of pyridine rings is 1. The molecule has 1 aliphatic carbocycles. The Bertz CT molecular complexity index is 1340. The van der Waals surface area contributed by atoms with Crippen LogP contribution in [-0.4, -0.2) is 33.3 Å².